The minimum atomic E-state index is 0.277. The second-order valence-corrected chi connectivity index (χ2v) is 11.4. The molecule has 0 aliphatic heterocycles. The van der Waals surface area contributed by atoms with E-state index < -0.39 is 0 Å². The summed E-state index contributed by atoms with van der Waals surface area (Å²) in [5.41, 5.74) is 4.97. The molecule has 0 amide bonds. The van der Waals surface area contributed by atoms with Crippen molar-refractivity contribution in [1.29, 1.82) is 0 Å². The van der Waals surface area contributed by atoms with Crippen molar-refractivity contribution in [3.8, 4) is 11.5 Å². The van der Waals surface area contributed by atoms with Crippen LogP contribution in [0, 0.1) is 23.7 Å². The Morgan fingerprint density at radius 2 is 1.61 bits per heavy atom. The van der Waals surface area contributed by atoms with E-state index >= 15 is 0 Å². The summed E-state index contributed by atoms with van der Waals surface area (Å²) in [6.45, 7) is 8.60. The molecule has 4 bridgehead atoms. The van der Waals surface area contributed by atoms with Gasteiger partial charge in [-0.3, -0.25) is 0 Å². The first-order chi connectivity index (χ1) is 14.8. The van der Waals surface area contributed by atoms with Crippen molar-refractivity contribution < 1.29 is 9.47 Å². The van der Waals surface area contributed by atoms with Crippen molar-refractivity contribution in [1.82, 2.24) is 5.32 Å². The number of ether oxygens (including phenoxy) is 2. The summed E-state index contributed by atoms with van der Waals surface area (Å²) in [6, 6.07) is 14.7. The van der Waals surface area contributed by atoms with Crippen LogP contribution in [0.4, 0.5) is 0 Å². The van der Waals surface area contributed by atoms with Crippen LogP contribution in [0.2, 0.25) is 0 Å². The minimum absolute atomic E-state index is 0.277. The maximum atomic E-state index is 6.37. The Morgan fingerprint density at radius 1 is 0.903 bits per heavy atom. The zero-order valence-corrected chi connectivity index (χ0v) is 19.6. The Labute approximate surface area is 187 Å². The molecule has 1 N–H and O–H groups in total. The van der Waals surface area contributed by atoms with Crippen LogP contribution in [0.1, 0.15) is 69.1 Å². The maximum Gasteiger partial charge on any atom is 0.166 e. The topological polar surface area (TPSA) is 30.5 Å². The molecular weight excluding hydrogens is 382 g/mol. The Hall–Kier alpha value is -2.00. The van der Waals surface area contributed by atoms with E-state index in [1.807, 2.05) is 6.07 Å². The Bertz CT molecular complexity index is 949. The third kappa shape index (κ3) is 3.98. The van der Waals surface area contributed by atoms with Gasteiger partial charge >= 0.3 is 0 Å². The molecule has 2 aromatic rings. The minimum Gasteiger partial charge on any atom is -0.493 e. The summed E-state index contributed by atoms with van der Waals surface area (Å²) in [6.07, 6.45) is 8.22. The molecule has 2 aromatic carbocycles. The third-order valence-electron chi connectivity index (χ3n) is 8.19. The number of benzene rings is 2. The van der Waals surface area contributed by atoms with Gasteiger partial charge in [-0.15, -0.1) is 0 Å². The van der Waals surface area contributed by atoms with Crippen molar-refractivity contribution in [3.05, 3.63) is 59.2 Å². The van der Waals surface area contributed by atoms with Crippen molar-refractivity contribution in [3.63, 3.8) is 0 Å². The van der Waals surface area contributed by atoms with Gasteiger partial charge in [0.15, 0.2) is 11.5 Å². The highest BCUT2D eigenvalue weighted by Crippen LogP contribution is 2.66. The number of para-hydroxylation sites is 1. The second kappa shape index (κ2) is 7.55. The molecule has 4 saturated carbocycles. The van der Waals surface area contributed by atoms with E-state index in [-0.39, 0.29) is 5.54 Å². The van der Waals surface area contributed by atoms with Crippen molar-refractivity contribution in [2.24, 2.45) is 16.7 Å². The van der Waals surface area contributed by atoms with Gasteiger partial charge in [0.05, 0.1) is 7.11 Å². The number of hydrogen-bond acceptors (Lipinski definition) is 3. The SMILES string of the molecule is COc1cccc(CNC23CC4C[C@@](C)(C2)C[C@](C)(C4)C3)c1OCc1ccccc1C. The van der Waals surface area contributed by atoms with Crippen LogP contribution in [0.25, 0.3) is 0 Å². The van der Waals surface area contributed by atoms with Gasteiger partial charge in [0.25, 0.3) is 0 Å². The fourth-order valence-corrected chi connectivity index (χ4v) is 7.87. The average molecular weight is 420 g/mol. The van der Waals surface area contributed by atoms with Gasteiger partial charge in [0.1, 0.15) is 6.61 Å². The lowest BCUT2D eigenvalue weighted by Crippen LogP contribution is -2.63. The smallest absolute Gasteiger partial charge is 0.166 e. The lowest BCUT2D eigenvalue weighted by atomic mass is 9.43. The highest BCUT2D eigenvalue weighted by Gasteiger charge is 2.59. The van der Waals surface area contributed by atoms with Crippen LogP contribution in [-0.4, -0.2) is 12.6 Å². The van der Waals surface area contributed by atoms with Crippen molar-refractivity contribution >= 4 is 0 Å². The molecule has 4 atom stereocenters. The number of nitrogens with one attached hydrogen (secondary N) is 1. The molecule has 0 aromatic heterocycles. The summed E-state index contributed by atoms with van der Waals surface area (Å²) >= 11 is 0. The summed E-state index contributed by atoms with van der Waals surface area (Å²) in [7, 11) is 1.73. The molecule has 0 radical (unpaired) electrons. The van der Waals surface area contributed by atoms with Crippen LogP contribution >= 0.6 is 0 Å². The van der Waals surface area contributed by atoms with Gasteiger partial charge in [-0.25, -0.2) is 0 Å². The first-order valence-corrected chi connectivity index (χ1v) is 11.9. The summed E-state index contributed by atoms with van der Waals surface area (Å²) in [5.74, 6) is 2.58. The molecule has 6 rings (SSSR count). The first kappa shape index (κ1) is 20.9. The fraction of sp³-hybridized carbons (Fsp3) is 0.571. The molecule has 4 aliphatic rings. The molecule has 3 heteroatoms. The summed E-state index contributed by atoms with van der Waals surface area (Å²) in [4.78, 5) is 0. The zero-order chi connectivity index (χ0) is 21.7. The highest BCUT2D eigenvalue weighted by molar-refractivity contribution is 5.47. The van der Waals surface area contributed by atoms with Crippen molar-refractivity contribution in [2.45, 2.75) is 78.0 Å². The quantitative estimate of drug-likeness (QED) is 0.561. The van der Waals surface area contributed by atoms with E-state index in [2.05, 4.69) is 62.5 Å². The molecule has 4 aliphatic carbocycles. The standard InChI is InChI=1S/C28H37NO2/c1-20-8-5-6-9-23(20)16-31-25-22(10-7-11-24(25)30-4)15-29-28-14-21-12-26(2,18-28)17-27(3,13-21)19-28/h5-11,21,29H,12-19H2,1-4H3/t21?,26-,27+,28?. The lowest BCUT2D eigenvalue weighted by molar-refractivity contribution is -0.118. The monoisotopic (exact) mass is 419 g/mol. The van der Waals surface area contributed by atoms with Crippen LogP contribution < -0.4 is 14.8 Å². The summed E-state index contributed by atoms with van der Waals surface area (Å²) in [5, 5.41) is 4.06. The second-order valence-electron chi connectivity index (χ2n) is 11.4. The predicted molar refractivity (Wildman–Crippen MR) is 125 cm³/mol. The summed E-state index contributed by atoms with van der Waals surface area (Å²) < 4.78 is 12.1. The average Bonchev–Trinajstić information content (AvgIpc) is 2.69. The highest BCUT2D eigenvalue weighted by atomic mass is 16.5. The van der Waals surface area contributed by atoms with Gasteiger partial charge < -0.3 is 14.8 Å². The molecule has 0 saturated heterocycles. The number of aryl methyl sites for hydroxylation is 1. The van der Waals surface area contributed by atoms with E-state index in [1.165, 1.54) is 55.2 Å². The van der Waals surface area contributed by atoms with E-state index in [4.69, 9.17) is 9.47 Å². The van der Waals surface area contributed by atoms with Crippen LogP contribution in [0.15, 0.2) is 42.5 Å². The predicted octanol–water partition coefficient (Wildman–Crippen LogP) is 6.42. The Morgan fingerprint density at radius 3 is 2.29 bits per heavy atom. The largest absolute Gasteiger partial charge is 0.493 e. The molecule has 4 fully saturated rings. The molecular formula is C28H37NO2. The van der Waals surface area contributed by atoms with Crippen LogP contribution in [0.3, 0.4) is 0 Å². The molecule has 0 spiro atoms. The normalized spacial score (nSPS) is 33.5. The molecule has 31 heavy (non-hydrogen) atoms. The van der Waals surface area contributed by atoms with Gasteiger partial charge in [0.2, 0.25) is 0 Å². The fourth-order valence-electron chi connectivity index (χ4n) is 7.87. The van der Waals surface area contributed by atoms with Crippen LogP contribution in [0.5, 0.6) is 11.5 Å². The van der Waals surface area contributed by atoms with E-state index in [0.717, 1.165) is 24.0 Å². The number of hydrogen-bond donors (Lipinski definition) is 1. The van der Waals surface area contributed by atoms with E-state index in [9.17, 15) is 0 Å². The van der Waals surface area contributed by atoms with E-state index in [1.54, 1.807) is 7.11 Å². The number of rotatable bonds is 7. The van der Waals surface area contributed by atoms with E-state index in [0.29, 0.717) is 17.4 Å². The lowest BCUT2D eigenvalue weighted by Gasteiger charge is -2.65. The molecule has 166 valence electrons. The third-order valence-corrected chi connectivity index (χ3v) is 8.19. The van der Waals surface area contributed by atoms with Gasteiger partial charge in [-0.05, 0) is 79.4 Å². The van der Waals surface area contributed by atoms with Crippen LogP contribution in [-0.2, 0) is 13.2 Å². The molecule has 3 nitrogen and oxygen atoms in total. The molecule has 0 heterocycles. The molecule has 2 unspecified atom stereocenters. The zero-order valence-electron chi connectivity index (χ0n) is 19.6. The van der Waals surface area contributed by atoms with Gasteiger partial charge in [-0.1, -0.05) is 50.2 Å². The van der Waals surface area contributed by atoms with Gasteiger partial charge in [-0.2, -0.15) is 0 Å². The van der Waals surface area contributed by atoms with Crippen molar-refractivity contribution in [2.75, 3.05) is 7.11 Å². The Kier molecular flexibility index (Phi) is 5.08. The number of methoxy groups -OCH3 is 1. The maximum absolute atomic E-state index is 6.37. The first-order valence-electron chi connectivity index (χ1n) is 11.9. The Balaban J connectivity index is 1.36. The van der Waals surface area contributed by atoms with Gasteiger partial charge in [0, 0.05) is 17.6 Å².